The average Bonchev–Trinajstić information content (AvgIpc) is 2.61. The normalized spacial score (nSPS) is 12.9. The van der Waals surface area contributed by atoms with Gasteiger partial charge in [-0.1, -0.05) is 57.2 Å². The second-order valence-corrected chi connectivity index (χ2v) is 7.50. The lowest BCUT2D eigenvalue weighted by molar-refractivity contribution is -0.221. The Morgan fingerprint density at radius 3 is 1.74 bits per heavy atom. The highest BCUT2D eigenvalue weighted by Crippen LogP contribution is 2.33. The second kappa shape index (κ2) is 8.91. The monoisotopic (exact) mass is 372 g/mol. The van der Waals surface area contributed by atoms with Gasteiger partial charge in [0.05, 0.1) is 6.61 Å². The third-order valence-electron chi connectivity index (χ3n) is 3.83. The van der Waals surface area contributed by atoms with Gasteiger partial charge in [0.1, 0.15) is 17.6 Å². The summed E-state index contributed by atoms with van der Waals surface area (Å²) in [5, 5.41) is 11.1. The molecule has 5 nitrogen and oxygen atoms in total. The molecule has 1 atom stereocenters. The van der Waals surface area contributed by atoms with Crippen LogP contribution in [-0.2, 0) is 9.53 Å². The number of carbonyl (C=O) groups is 1. The summed E-state index contributed by atoms with van der Waals surface area (Å²) in [5.41, 5.74) is -0.267. The number of ether oxygens (including phenoxy) is 3. The zero-order valence-corrected chi connectivity index (χ0v) is 16.3. The molecule has 0 amide bonds. The quantitative estimate of drug-likeness (QED) is 0.556. The van der Waals surface area contributed by atoms with Crippen LogP contribution in [0.5, 0.6) is 11.5 Å². The SMILES string of the molecule is CCOC(=O)C(Oc1ccccc1)(Oc1ccccc1)C(O)CC(C)(C)C. The number of hydrogen-bond donors (Lipinski definition) is 1. The van der Waals surface area contributed by atoms with E-state index in [-0.39, 0.29) is 18.4 Å². The summed E-state index contributed by atoms with van der Waals surface area (Å²) >= 11 is 0. The summed E-state index contributed by atoms with van der Waals surface area (Å²) in [4.78, 5) is 13.0. The van der Waals surface area contributed by atoms with Crippen LogP contribution in [0.3, 0.4) is 0 Å². The first-order chi connectivity index (χ1) is 12.8. The van der Waals surface area contributed by atoms with E-state index >= 15 is 0 Å². The van der Waals surface area contributed by atoms with E-state index in [4.69, 9.17) is 14.2 Å². The van der Waals surface area contributed by atoms with Gasteiger partial charge in [0.25, 0.3) is 0 Å². The number of hydrogen-bond acceptors (Lipinski definition) is 5. The number of carbonyl (C=O) groups excluding carboxylic acids is 1. The van der Waals surface area contributed by atoms with Crippen LogP contribution in [0.1, 0.15) is 34.1 Å². The van der Waals surface area contributed by atoms with E-state index in [1.807, 2.05) is 32.9 Å². The maximum absolute atomic E-state index is 13.0. The van der Waals surface area contributed by atoms with Crippen LogP contribution in [0.2, 0.25) is 0 Å². The van der Waals surface area contributed by atoms with Gasteiger partial charge < -0.3 is 19.3 Å². The van der Waals surface area contributed by atoms with Crippen LogP contribution in [-0.4, -0.2) is 29.6 Å². The first-order valence-electron chi connectivity index (χ1n) is 9.10. The molecular formula is C22H28O5. The highest BCUT2D eigenvalue weighted by atomic mass is 16.7. The first kappa shape index (κ1) is 20.8. The number of para-hydroxylation sites is 2. The molecule has 0 aliphatic rings. The van der Waals surface area contributed by atoms with Crippen molar-refractivity contribution in [2.75, 3.05) is 6.61 Å². The molecule has 0 aliphatic heterocycles. The molecule has 0 heterocycles. The van der Waals surface area contributed by atoms with Crippen molar-refractivity contribution in [2.45, 2.75) is 46.0 Å². The third kappa shape index (κ3) is 5.73. The Kier molecular flexibility index (Phi) is 6.86. The van der Waals surface area contributed by atoms with E-state index in [1.54, 1.807) is 55.5 Å². The predicted octanol–water partition coefficient (Wildman–Crippen LogP) is 4.20. The molecule has 0 fully saturated rings. The van der Waals surface area contributed by atoms with Crippen LogP contribution < -0.4 is 9.47 Å². The molecule has 0 aliphatic carbocycles. The summed E-state index contributed by atoms with van der Waals surface area (Å²) in [6, 6.07) is 17.6. The zero-order valence-electron chi connectivity index (χ0n) is 16.3. The standard InChI is InChI=1S/C22H28O5/c1-5-25-20(24)22(19(23)16-21(2,3)4,26-17-12-8-6-9-13-17)27-18-14-10-7-11-15-18/h6-15,19,23H,5,16H2,1-4H3. The fourth-order valence-electron chi connectivity index (χ4n) is 2.65. The Morgan fingerprint density at radius 1 is 0.926 bits per heavy atom. The number of benzene rings is 2. The van der Waals surface area contributed by atoms with Gasteiger partial charge in [0, 0.05) is 0 Å². The molecule has 27 heavy (non-hydrogen) atoms. The van der Waals surface area contributed by atoms with Gasteiger partial charge in [-0.3, -0.25) is 0 Å². The van der Waals surface area contributed by atoms with Gasteiger partial charge in [0.15, 0.2) is 0 Å². The molecule has 0 radical (unpaired) electrons. The summed E-state index contributed by atoms with van der Waals surface area (Å²) < 4.78 is 17.2. The molecule has 0 spiro atoms. The van der Waals surface area contributed by atoms with Crippen LogP contribution in [0.4, 0.5) is 0 Å². The maximum Gasteiger partial charge on any atom is 0.395 e. The Morgan fingerprint density at radius 2 is 1.37 bits per heavy atom. The first-order valence-corrected chi connectivity index (χ1v) is 9.10. The van der Waals surface area contributed by atoms with Gasteiger partial charge in [-0.2, -0.15) is 0 Å². The van der Waals surface area contributed by atoms with E-state index in [0.717, 1.165) is 0 Å². The molecule has 0 bridgehead atoms. The minimum absolute atomic E-state index is 0.138. The van der Waals surface area contributed by atoms with Crippen LogP contribution >= 0.6 is 0 Å². The van der Waals surface area contributed by atoms with E-state index in [0.29, 0.717) is 11.5 Å². The Balaban J connectivity index is 2.50. The van der Waals surface area contributed by atoms with Crippen molar-refractivity contribution < 1.29 is 24.1 Å². The van der Waals surface area contributed by atoms with Crippen molar-refractivity contribution in [3.05, 3.63) is 60.7 Å². The molecule has 2 aromatic carbocycles. The van der Waals surface area contributed by atoms with Gasteiger partial charge >= 0.3 is 11.8 Å². The van der Waals surface area contributed by atoms with Crippen molar-refractivity contribution in [3.8, 4) is 11.5 Å². The summed E-state index contributed by atoms with van der Waals surface area (Å²) in [6.07, 6.45) is -0.983. The fourth-order valence-corrected chi connectivity index (χ4v) is 2.65. The minimum atomic E-state index is -2.02. The molecule has 2 aromatic rings. The molecule has 146 valence electrons. The maximum atomic E-state index is 13.0. The number of aliphatic hydroxyl groups is 1. The number of rotatable bonds is 8. The summed E-state index contributed by atoms with van der Waals surface area (Å²) in [5.74, 6) is -2.00. The third-order valence-corrected chi connectivity index (χ3v) is 3.83. The molecule has 1 unspecified atom stereocenters. The summed E-state index contributed by atoms with van der Waals surface area (Å²) in [7, 11) is 0. The second-order valence-electron chi connectivity index (χ2n) is 7.50. The molecule has 5 heteroatoms. The van der Waals surface area contributed by atoms with E-state index in [9.17, 15) is 9.90 Å². The largest absolute Gasteiger partial charge is 0.460 e. The molecule has 2 rings (SSSR count). The molecule has 1 N–H and O–H groups in total. The Labute approximate surface area is 160 Å². The smallest absolute Gasteiger partial charge is 0.395 e. The van der Waals surface area contributed by atoms with Gasteiger partial charge in [-0.05, 0) is 43.0 Å². The van der Waals surface area contributed by atoms with Crippen LogP contribution in [0.15, 0.2) is 60.7 Å². The molecular weight excluding hydrogens is 344 g/mol. The predicted molar refractivity (Wildman–Crippen MR) is 104 cm³/mol. The van der Waals surface area contributed by atoms with Crippen LogP contribution in [0.25, 0.3) is 0 Å². The Hall–Kier alpha value is -2.53. The van der Waals surface area contributed by atoms with Gasteiger partial charge in [-0.15, -0.1) is 0 Å². The van der Waals surface area contributed by atoms with Crippen molar-refractivity contribution in [1.29, 1.82) is 0 Å². The summed E-state index contributed by atoms with van der Waals surface area (Å²) in [6.45, 7) is 7.74. The van der Waals surface area contributed by atoms with Crippen molar-refractivity contribution in [2.24, 2.45) is 5.41 Å². The number of esters is 1. The van der Waals surface area contributed by atoms with Crippen molar-refractivity contribution in [1.82, 2.24) is 0 Å². The minimum Gasteiger partial charge on any atom is -0.460 e. The highest BCUT2D eigenvalue weighted by molar-refractivity contribution is 5.79. The van der Waals surface area contributed by atoms with Gasteiger partial charge in [0.2, 0.25) is 0 Å². The lowest BCUT2D eigenvalue weighted by Crippen LogP contribution is -2.60. The van der Waals surface area contributed by atoms with Gasteiger partial charge in [-0.25, -0.2) is 4.79 Å². The molecule has 0 saturated carbocycles. The topological polar surface area (TPSA) is 65.0 Å². The van der Waals surface area contributed by atoms with Crippen molar-refractivity contribution >= 4 is 5.97 Å². The lowest BCUT2D eigenvalue weighted by atomic mass is 9.86. The zero-order chi connectivity index (χ0) is 19.9. The molecule has 0 saturated heterocycles. The van der Waals surface area contributed by atoms with Crippen molar-refractivity contribution in [3.63, 3.8) is 0 Å². The molecule has 0 aromatic heterocycles. The highest BCUT2D eigenvalue weighted by Gasteiger charge is 2.53. The van der Waals surface area contributed by atoms with E-state index in [2.05, 4.69) is 0 Å². The lowest BCUT2D eigenvalue weighted by Gasteiger charge is -2.37. The number of aliphatic hydroxyl groups excluding tert-OH is 1. The fraction of sp³-hybridized carbons (Fsp3) is 0.409. The van der Waals surface area contributed by atoms with E-state index < -0.39 is 17.9 Å². The average molecular weight is 372 g/mol. The van der Waals surface area contributed by atoms with Crippen LogP contribution in [0, 0.1) is 5.41 Å². The Bertz CT molecular complexity index is 665. The van der Waals surface area contributed by atoms with E-state index in [1.165, 1.54) is 0 Å².